The summed E-state index contributed by atoms with van der Waals surface area (Å²) >= 11 is 0. The SMILES string of the molecule is CNc1ccc(C(C)NCc2ccccc2C)cc1. The highest BCUT2D eigenvalue weighted by molar-refractivity contribution is 5.44. The fourth-order valence-electron chi connectivity index (χ4n) is 2.13. The van der Waals surface area contributed by atoms with Crippen LogP contribution in [0.2, 0.25) is 0 Å². The van der Waals surface area contributed by atoms with E-state index in [0.717, 1.165) is 12.2 Å². The zero-order valence-electron chi connectivity index (χ0n) is 11.9. The third-order valence-electron chi connectivity index (χ3n) is 3.56. The molecule has 0 spiro atoms. The van der Waals surface area contributed by atoms with Crippen LogP contribution >= 0.6 is 0 Å². The lowest BCUT2D eigenvalue weighted by Crippen LogP contribution is -2.18. The first-order valence-corrected chi connectivity index (χ1v) is 6.76. The Morgan fingerprint density at radius 2 is 1.68 bits per heavy atom. The summed E-state index contributed by atoms with van der Waals surface area (Å²) in [7, 11) is 1.94. The van der Waals surface area contributed by atoms with Crippen molar-refractivity contribution in [2.45, 2.75) is 26.4 Å². The molecule has 2 N–H and O–H groups in total. The Balaban J connectivity index is 1.97. The van der Waals surface area contributed by atoms with E-state index in [1.165, 1.54) is 16.7 Å². The molecule has 0 aliphatic heterocycles. The van der Waals surface area contributed by atoms with Crippen LogP contribution in [0.25, 0.3) is 0 Å². The van der Waals surface area contributed by atoms with Crippen LogP contribution in [0.4, 0.5) is 5.69 Å². The average molecular weight is 254 g/mol. The first-order chi connectivity index (χ1) is 9.20. The van der Waals surface area contributed by atoms with Gasteiger partial charge >= 0.3 is 0 Å². The lowest BCUT2D eigenvalue weighted by molar-refractivity contribution is 0.573. The summed E-state index contributed by atoms with van der Waals surface area (Å²) in [4.78, 5) is 0. The van der Waals surface area contributed by atoms with Crippen molar-refractivity contribution < 1.29 is 0 Å². The van der Waals surface area contributed by atoms with E-state index in [9.17, 15) is 0 Å². The van der Waals surface area contributed by atoms with Crippen LogP contribution in [0.1, 0.15) is 29.7 Å². The molecule has 0 saturated carbocycles. The molecule has 2 rings (SSSR count). The smallest absolute Gasteiger partial charge is 0.0337 e. The third-order valence-corrected chi connectivity index (χ3v) is 3.56. The monoisotopic (exact) mass is 254 g/mol. The van der Waals surface area contributed by atoms with Gasteiger partial charge < -0.3 is 10.6 Å². The molecule has 0 bridgehead atoms. The van der Waals surface area contributed by atoms with Crippen molar-refractivity contribution in [2.24, 2.45) is 0 Å². The van der Waals surface area contributed by atoms with Gasteiger partial charge in [0.15, 0.2) is 0 Å². The summed E-state index contributed by atoms with van der Waals surface area (Å²) in [6.45, 7) is 5.26. The number of rotatable bonds is 5. The van der Waals surface area contributed by atoms with E-state index in [2.05, 4.69) is 73.0 Å². The van der Waals surface area contributed by atoms with E-state index < -0.39 is 0 Å². The minimum absolute atomic E-state index is 0.352. The molecule has 2 heteroatoms. The molecule has 0 radical (unpaired) electrons. The van der Waals surface area contributed by atoms with Crippen molar-refractivity contribution in [3.8, 4) is 0 Å². The van der Waals surface area contributed by atoms with Gasteiger partial charge in [-0.1, -0.05) is 36.4 Å². The zero-order valence-corrected chi connectivity index (χ0v) is 11.9. The highest BCUT2D eigenvalue weighted by Crippen LogP contribution is 2.16. The predicted octanol–water partition coefficient (Wildman–Crippen LogP) is 3.89. The van der Waals surface area contributed by atoms with Gasteiger partial charge in [0.2, 0.25) is 0 Å². The van der Waals surface area contributed by atoms with Crippen LogP contribution in [0, 0.1) is 6.92 Å². The Labute approximate surface area is 115 Å². The van der Waals surface area contributed by atoms with Crippen molar-refractivity contribution in [2.75, 3.05) is 12.4 Å². The molecule has 1 unspecified atom stereocenters. The normalized spacial score (nSPS) is 12.2. The van der Waals surface area contributed by atoms with E-state index in [4.69, 9.17) is 0 Å². The molecule has 0 aliphatic rings. The van der Waals surface area contributed by atoms with E-state index in [-0.39, 0.29) is 0 Å². The number of hydrogen-bond acceptors (Lipinski definition) is 2. The number of anilines is 1. The minimum Gasteiger partial charge on any atom is -0.388 e. The van der Waals surface area contributed by atoms with Gasteiger partial charge in [-0.15, -0.1) is 0 Å². The molecule has 2 aromatic carbocycles. The maximum Gasteiger partial charge on any atom is 0.0337 e. The Morgan fingerprint density at radius 1 is 1.00 bits per heavy atom. The van der Waals surface area contributed by atoms with Gasteiger partial charge in [0.05, 0.1) is 0 Å². The van der Waals surface area contributed by atoms with E-state index in [1.54, 1.807) is 0 Å². The highest BCUT2D eigenvalue weighted by Gasteiger charge is 2.05. The molecule has 1 atom stereocenters. The summed E-state index contributed by atoms with van der Waals surface area (Å²) < 4.78 is 0. The number of benzene rings is 2. The summed E-state index contributed by atoms with van der Waals surface area (Å²) in [5.74, 6) is 0. The number of aryl methyl sites for hydroxylation is 1. The second-order valence-electron chi connectivity index (χ2n) is 4.90. The number of nitrogens with one attached hydrogen (secondary N) is 2. The van der Waals surface area contributed by atoms with Crippen LogP contribution < -0.4 is 10.6 Å². The second-order valence-corrected chi connectivity index (χ2v) is 4.90. The molecule has 0 aliphatic carbocycles. The molecule has 19 heavy (non-hydrogen) atoms. The topological polar surface area (TPSA) is 24.1 Å². The van der Waals surface area contributed by atoms with Crippen molar-refractivity contribution >= 4 is 5.69 Å². The predicted molar refractivity (Wildman–Crippen MR) is 82.4 cm³/mol. The maximum absolute atomic E-state index is 3.57. The molecular weight excluding hydrogens is 232 g/mol. The van der Waals surface area contributed by atoms with Crippen LogP contribution in [0.5, 0.6) is 0 Å². The van der Waals surface area contributed by atoms with Crippen LogP contribution in [-0.4, -0.2) is 7.05 Å². The van der Waals surface area contributed by atoms with Gasteiger partial charge in [-0.3, -0.25) is 0 Å². The van der Waals surface area contributed by atoms with E-state index in [0.29, 0.717) is 6.04 Å². The fourth-order valence-corrected chi connectivity index (χ4v) is 2.13. The molecule has 0 fully saturated rings. The van der Waals surface area contributed by atoms with Gasteiger partial charge in [0.1, 0.15) is 0 Å². The molecule has 2 aromatic rings. The maximum atomic E-state index is 3.57. The van der Waals surface area contributed by atoms with E-state index in [1.807, 2.05) is 7.05 Å². The average Bonchev–Trinajstić information content (AvgIpc) is 2.46. The van der Waals surface area contributed by atoms with Gasteiger partial charge in [-0.25, -0.2) is 0 Å². The fraction of sp³-hybridized carbons (Fsp3) is 0.294. The largest absolute Gasteiger partial charge is 0.388 e. The Morgan fingerprint density at radius 3 is 2.32 bits per heavy atom. The first kappa shape index (κ1) is 13.6. The molecule has 0 heterocycles. The zero-order chi connectivity index (χ0) is 13.7. The van der Waals surface area contributed by atoms with Crippen LogP contribution in [-0.2, 0) is 6.54 Å². The van der Waals surface area contributed by atoms with Crippen LogP contribution in [0.3, 0.4) is 0 Å². The first-order valence-electron chi connectivity index (χ1n) is 6.76. The molecular formula is C17H22N2. The van der Waals surface area contributed by atoms with Crippen molar-refractivity contribution in [3.63, 3.8) is 0 Å². The lowest BCUT2D eigenvalue weighted by Gasteiger charge is -2.16. The minimum atomic E-state index is 0.352. The Bertz CT molecular complexity index is 517. The molecule has 0 saturated heterocycles. The van der Waals surface area contributed by atoms with Gasteiger partial charge in [0.25, 0.3) is 0 Å². The number of hydrogen-bond donors (Lipinski definition) is 2. The summed E-state index contributed by atoms with van der Waals surface area (Å²) in [6.07, 6.45) is 0. The standard InChI is InChI=1S/C17H22N2/c1-13-6-4-5-7-16(13)12-19-14(2)15-8-10-17(18-3)11-9-15/h4-11,14,18-19H,12H2,1-3H3. The van der Waals surface area contributed by atoms with Crippen molar-refractivity contribution in [3.05, 3.63) is 65.2 Å². The molecule has 100 valence electrons. The van der Waals surface area contributed by atoms with Gasteiger partial charge in [0, 0.05) is 25.3 Å². The Kier molecular flexibility index (Phi) is 4.58. The lowest BCUT2D eigenvalue weighted by atomic mass is 10.1. The quantitative estimate of drug-likeness (QED) is 0.846. The highest BCUT2D eigenvalue weighted by atomic mass is 14.9. The van der Waals surface area contributed by atoms with E-state index >= 15 is 0 Å². The Hall–Kier alpha value is -1.80. The van der Waals surface area contributed by atoms with Gasteiger partial charge in [-0.2, -0.15) is 0 Å². The molecule has 2 nitrogen and oxygen atoms in total. The summed E-state index contributed by atoms with van der Waals surface area (Å²) in [5.41, 5.74) is 5.16. The summed E-state index contributed by atoms with van der Waals surface area (Å²) in [6, 6.07) is 17.4. The van der Waals surface area contributed by atoms with Crippen LogP contribution in [0.15, 0.2) is 48.5 Å². The second kappa shape index (κ2) is 6.39. The van der Waals surface area contributed by atoms with Crippen molar-refractivity contribution in [1.29, 1.82) is 0 Å². The third kappa shape index (κ3) is 3.58. The van der Waals surface area contributed by atoms with Gasteiger partial charge in [-0.05, 0) is 42.7 Å². The van der Waals surface area contributed by atoms with Crippen molar-refractivity contribution in [1.82, 2.24) is 5.32 Å². The summed E-state index contributed by atoms with van der Waals surface area (Å²) in [5, 5.41) is 6.71. The molecule has 0 aromatic heterocycles. The molecule has 0 amide bonds.